The first kappa shape index (κ1) is 36.9. The molecule has 3 aromatic heterocycles. The number of ether oxygens (including phenoxy) is 1. The van der Waals surface area contributed by atoms with E-state index in [2.05, 4.69) is 35.8 Å². The van der Waals surface area contributed by atoms with Gasteiger partial charge in [0, 0.05) is 67.0 Å². The van der Waals surface area contributed by atoms with Crippen LogP contribution in [0.1, 0.15) is 30.5 Å². The van der Waals surface area contributed by atoms with E-state index in [1.807, 2.05) is 4.90 Å². The molecule has 2 fully saturated rings. The fourth-order valence-electron chi connectivity index (χ4n) is 7.34. The third-order valence-electron chi connectivity index (χ3n) is 9.90. The maximum atomic E-state index is 17.0. The summed E-state index contributed by atoms with van der Waals surface area (Å²) >= 11 is 0. The van der Waals surface area contributed by atoms with E-state index in [1.165, 1.54) is 36.7 Å². The molecule has 5 aromatic rings. The van der Waals surface area contributed by atoms with Gasteiger partial charge in [-0.3, -0.25) is 19.7 Å². The maximum Gasteiger partial charge on any atom is 0.319 e. The number of terminal acetylenes is 1. The number of azide groups is 1. The molecule has 0 radical (unpaired) electrons. The monoisotopic (exact) mass is 748 g/mol. The van der Waals surface area contributed by atoms with Gasteiger partial charge in [-0.1, -0.05) is 23.2 Å². The van der Waals surface area contributed by atoms with Gasteiger partial charge in [-0.25, -0.2) is 13.2 Å². The van der Waals surface area contributed by atoms with Crippen molar-refractivity contribution < 1.29 is 27.8 Å². The highest BCUT2D eigenvalue weighted by molar-refractivity contribution is 6.03. The quantitative estimate of drug-likeness (QED) is 0.0288. The number of piperazine rings is 1. The number of anilines is 1. The number of aromatic nitrogens is 4. The number of carbonyl (C=O) groups is 1. The molecule has 55 heavy (non-hydrogen) atoms. The number of allylic oxidation sites excluding steroid dienone is 1. The lowest BCUT2D eigenvalue weighted by molar-refractivity contribution is -0.106. The second-order valence-electron chi connectivity index (χ2n) is 13.1. The number of phenolic OH excluding ortho intramolecular Hbond substituents is 1. The Bertz CT molecular complexity index is 2380. The number of likely N-dealkylation sites (tertiary alicyclic amines) is 1. The van der Waals surface area contributed by atoms with Gasteiger partial charge in [-0.15, -0.1) is 6.42 Å². The van der Waals surface area contributed by atoms with Gasteiger partial charge in [0.2, 0.25) is 0 Å². The zero-order chi connectivity index (χ0) is 38.5. The largest absolute Gasteiger partial charge is 0.508 e. The molecular formula is C39H35F3N10O3. The Morgan fingerprint density at radius 2 is 1.96 bits per heavy atom. The van der Waals surface area contributed by atoms with Gasteiger partial charge < -0.3 is 19.6 Å². The minimum Gasteiger partial charge on any atom is -0.508 e. The Hall–Kier alpha value is -6.43. The van der Waals surface area contributed by atoms with Gasteiger partial charge in [0.25, 0.3) is 0 Å². The first-order valence-corrected chi connectivity index (χ1v) is 17.7. The summed E-state index contributed by atoms with van der Waals surface area (Å²) in [5.41, 5.74) is 8.65. The third kappa shape index (κ3) is 7.53. The fourth-order valence-corrected chi connectivity index (χ4v) is 7.34. The summed E-state index contributed by atoms with van der Waals surface area (Å²) in [5, 5.41) is 15.1. The second kappa shape index (κ2) is 16.3. The lowest BCUT2D eigenvalue weighted by Crippen LogP contribution is -2.46. The van der Waals surface area contributed by atoms with Gasteiger partial charge in [-0.2, -0.15) is 9.97 Å². The SMILES string of the molecule is C#Cc1c(F)ccc2cc(O)cc(-c3ncc4c(N5CCN(/C(=C(\F)C=O)c6ccccn6)CC5)nc(OC[C@H]5CCCN5CCCN=[N+]=[N-])nc4c3F)c12. The number of fused-ring (bicyclic) bond motifs is 2. The number of rotatable bonds is 12. The van der Waals surface area contributed by atoms with Crippen LogP contribution in [-0.4, -0.2) is 99.6 Å². The molecule has 0 aliphatic carbocycles. The van der Waals surface area contributed by atoms with E-state index >= 15 is 4.39 Å². The van der Waals surface area contributed by atoms with Crippen molar-refractivity contribution >= 4 is 39.5 Å². The summed E-state index contributed by atoms with van der Waals surface area (Å²) in [6.07, 6.45) is 11.3. The Labute approximate surface area is 313 Å². The van der Waals surface area contributed by atoms with Crippen LogP contribution in [0, 0.1) is 24.0 Å². The average Bonchev–Trinajstić information content (AvgIpc) is 3.66. The lowest BCUT2D eigenvalue weighted by Gasteiger charge is -2.38. The van der Waals surface area contributed by atoms with Crippen LogP contribution in [0.15, 0.2) is 65.8 Å². The predicted molar refractivity (Wildman–Crippen MR) is 201 cm³/mol. The van der Waals surface area contributed by atoms with Crippen LogP contribution >= 0.6 is 0 Å². The molecule has 1 N–H and O–H groups in total. The smallest absolute Gasteiger partial charge is 0.319 e. The fraction of sp³-hybridized carbons (Fsp3) is 0.308. The molecule has 280 valence electrons. The summed E-state index contributed by atoms with van der Waals surface area (Å²) < 4.78 is 53.1. The molecule has 7 rings (SSSR count). The molecule has 2 aromatic carbocycles. The van der Waals surface area contributed by atoms with Crippen molar-refractivity contribution in [3.63, 3.8) is 0 Å². The van der Waals surface area contributed by atoms with E-state index in [0.717, 1.165) is 19.4 Å². The number of carbonyl (C=O) groups excluding carboxylic acids is 1. The van der Waals surface area contributed by atoms with Crippen LogP contribution in [0.3, 0.4) is 0 Å². The zero-order valence-electron chi connectivity index (χ0n) is 29.6. The molecule has 0 bridgehead atoms. The molecule has 2 aliphatic rings. The number of phenols is 1. The van der Waals surface area contributed by atoms with Crippen LogP contribution in [0.25, 0.3) is 49.1 Å². The Morgan fingerprint density at radius 1 is 1.13 bits per heavy atom. The minimum atomic E-state index is -0.944. The maximum absolute atomic E-state index is 17.0. The van der Waals surface area contributed by atoms with Gasteiger partial charge in [0.05, 0.1) is 16.6 Å². The van der Waals surface area contributed by atoms with Crippen molar-refractivity contribution in [3.05, 3.63) is 94.0 Å². The van der Waals surface area contributed by atoms with Crippen molar-refractivity contribution in [2.24, 2.45) is 5.11 Å². The molecule has 16 heteroatoms. The first-order chi connectivity index (χ1) is 26.8. The highest BCUT2D eigenvalue weighted by atomic mass is 19.1. The number of benzene rings is 2. The molecule has 0 unspecified atom stereocenters. The van der Waals surface area contributed by atoms with E-state index in [0.29, 0.717) is 49.5 Å². The number of pyridine rings is 2. The zero-order valence-corrected chi connectivity index (χ0v) is 29.6. The van der Waals surface area contributed by atoms with Crippen LogP contribution in [0.4, 0.5) is 19.0 Å². The topological polar surface area (TPSA) is 157 Å². The lowest BCUT2D eigenvalue weighted by atomic mass is 9.96. The minimum absolute atomic E-state index is 0.0236. The van der Waals surface area contributed by atoms with E-state index in [9.17, 15) is 18.7 Å². The van der Waals surface area contributed by atoms with Gasteiger partial charge in [0.15, 0.2) is 17.9 Å². The van der Waals surface area contributed by atoms with Crippen molar-refractivity contribution in [1.82, 2.24) is 29.7 Å². The summed E-state index contributed by atoms with van der Waals surface area (Å²) in [6.45, 7) is 3.28. The molecule has 2 saturated heterocycles. The van der Waals surface area contributed by atoms with Crippen LogP contribution < -0.4 is 9.64 Å². The summed E-state index contributed by atoms with van der Waals surface area (Å²) in [5.74, 6) is -0.0212. The Morgan fingerprint density at radius 3 is 2.71 bits per heavy atom. The second-order valence-corrected chi connectivity index (χ2v) is 13.1. The van der Waals surface area contributed by atoms with Crippen molar-refractivity contribution in [2.45, 2.75) is 25.3 Å². The van der Waals surface area contributed by atoms with Crippen LogP contribution in [-0.2, 0) is 4.79 Å². The molecule has 0 saturated carbocycles. The number of aromatic hydroxyl groups is 1. The molecule has 0 amide bonds. The van der Waals surface area contributed by atoms with Crippen LogP contribution in [0.5, 0.6) is 11.8 Å². The molecular weight excluding hydrogens is 713 g/mol. The van der Waals surface area contributed by atoms with E-state index < -0.39 is 17.5 Å². The van der Waals surface area contributed by atoms with E-state index in [1.54, 1.807) is 23.1 Å². The number of aldehydes is 1. The van der Waals surface area contributed by atoms with Crippen LogP contribution in [0.2, 0.25) is 0 Å². The first-order valence-electron chi connectivity index (χ1n) is 17.7. The van der Waals surface area contributed by atoms with E-state index in [-0.39, 0.29) is 82.6 Å². The molecule has 0 spiro atoms. The Balaban J connectivity index is 1.27. The highest BCUT2D eigenvalue weighted by Gasteiger charge is 2.29. The molecule has 2 aliphatic heterocycles. The number of halogens is 3. The number of hydrogen-bond donors (Lipinski definition) is 1. The summed E-state index contributed by atoms with van der Waals surface area (Å²) in [6, 6.07) is 10.3. The van der Waals surface area contributed by atoms with Gasteiger partial charge in [0.1, 0.15) is 40.9 Å². The standard InChI is InChI=1S/C39H35F3N10O3/c1-2-27-30(40)10-9-24-19-26(54)20-28(33(24)27)35-34(42)36-29(21-45-35)38(48-39(47-36)55-23-25-7-5-13-50(25)14-6-12-46-49-43)52-17-15-51(16-18-52)37(31(41)22-53)32-8-3-4-11-44-32/h1,3-4,8-11,19-22,25,54H,5-7,12-18,23H2/b37-31-/t25-/m1/s1. The van der Waals surface area contributed by atoms with Crippen molar-refractivity contribution in [1.29, 1.82) is 0 Å². The van der Waals surface area contributed by atoms with E-state index in [4.69, 9.17) is 21.7 Å². The summed E-state index contributed by atoms with van der Waals surface area (Å²) in [7, 11) is 0. The molecule has 5 heterocycles. The third-order valence-corrected chi connectivity index (χ3v) is 9.90. The number of nitrogens with zero attached hydrogens (tertiary/aromatic N) is 10. The van der Waals surface area contributed by atoms with Gasteiger partial charge >= 0.3 is 6.01 Å². The number of hydrogen-bond acceptors (Lipinski definition) is 11. The molecule has 1 atom stereocenters. The summed E-state index contributed by atoms with van der Waals surface area (Å²) in [4.78, 5) is 38.2. The normalized spacial score (nSPS) is 16.5. The van der Waals surface area contributed by atoms with Gasteiger partial charge in [-0.05, 0) is 73.6 Å². The van der Waals surface area contributed by atoms with Crippen molar-refractivity contribution in [2.75, 3.05) is 57.3 Å². The molecule has 13 nitrogen and oxygen atoms in total. The average molecular weight is 749 g/mol. The Kier molecular flexibility index (Phi) is 10.9. The predicted octanol–water partition coefficient (Wildman–Crippen LogP) is 6.41. The van der Waals surface area contributed by atoms with Crippen molar-refractivity contribution in [3.8, 4) is 35.4 Å². The highest BCUT2D eigenvalue weighted by Crippen LogP contribution is 2.39.